The molecule has 0 radical (unpaired) electrons. The van der Waals surface area contributed by atoms with E-state index in [4.69, 9.17) is 0 Å². The topological polar surface area (TPSA) is 26.3 Å². The van der Waals surface area contributed by atoms with Crippen molar-refractivity contribution in [3.63, 3.8) is 0 Å². The fourth-order valence-corrected chi connectivity index (χ4v) is 0.819. The Morgan fingerprint density at radius 3 is 2.58 bits per heavy atom. The SMILES string of the molecule is COc1cc(F)cc(C=O)c1F. The number of methoxy groups -OCH3 is 1. The number of halogens is 2. The summed E-state index contributed by atoms with van der Waals surface area (Å²) in [6.45, 7) is 0. The Hall–Kier alpha value is -1.45. The molecule has 0 N–H and O–H groups in total. The van der Waals surface area contributed by atoms with Gasteiger partial charge < -0.3 is 4.74 Å². The van der Waals surface area contributed by atoms with Gasteiger partial charge in [-0.15, -0.1) is 0 Å². The highest BCUT2D eigenvalue weighted by atomic mass is 19.1. The van der Waals surface area contributed by atoms with Gasteiger partial charge in [-0.3, -0.25) is 4.79 Å². The molecule has 12 heavy (non-hydrogen) atoms. The quantitative estimate of drug-likeness (QED) is 0.635. The maximum absolute atomic E-state index is 12.9. The van der Waals surface area contributed by atoms with Crippen LogP contribution < -0.4 is 4.74 Å². The van der Waals surface area contributed by atoms with Gasteiger partial charge in [0.15, 0.2) is 17.9 Å². The van der Waals surface area contributed by atoms with Crippen LogP contribution in [0.5, 0.6) is 5.75 Å². The molecule has 1 rings (SSSR count). The number of carbonyl (C=O) groups excluding carboxylic acids is 1. The van der Waals surface area contributed by atoms with E-state index in [1.165, 1.54) is 7.11 Å². The molecule has 0 fully saturated rings. The van der Waals surface area contributed by atoms with Crippen molar-refractivity contribution in [1.82, 2.24) is 0 Å². The highest BCUT2D eigenvalue weighted by molar-refractivity contribution is 5.76. The fraction of sp³-hybridized carbons (Fsp3) is 0.125. The van der Waals surface area contributed by atoms with Gasteiger partial charge in [-0.1, -0.05) is 0 Å². The molecule has 0 spiro atoms. The number of hydrogen-bond donors (Lipinski definition) is 0. The zero-order chi connectivity index (χ0) is 9.14. The molecule has 0 saturated carbocycles. The maximum Gasteiger partial charge on any atom is 0.175 e. The molecule has 64 valence electrons. The Morgan fingerprint density at radius 1 is 1.42 bits per heavy atom. The Bertz CT molecular complexity index is 310. The predicted octanol–water partition coefficient (Wildman–Crippen LogP) is 1.79. The van der Waals surface area contributed by atoms with Crippen molar-refractivity contribution in [1.29, 1.82) is 0 Å². The van der Waals surface area contributed by atoms with Crippen molar-refractivity contribution in [2.75, 3.05) is 7.11 Å². The molecule has 0 bridgehead atoms. The third-order valence-electron chi connectivity index (χ3n) is 1.38. The van der Waals surface area contributed by atoms with Crippen molar-refractivity contribution in [2.24, 2.45) is 0 Å². The Morgan fingerprint density at radius 2 is 2.08 bits per heavy atom. The lowest BCUT2D eigenvalue weighted by molar-refractivity contribution is 0.111. The molecule has 0 aliphatic rings. The second kappa shape index (κ2) is 3.30. The smallest absolute Gasteiger partial charge is 0.175 e. The summed E-state index contributed by atoms with van der Waals surface area (Å²) in [6, 6.07) is 1.69. The fourth-order valence-electron chi connectivity index (χ4n) is 0.819. The molecule has 0 saturated heterocycles. The zero-order valence-corrected chi connectivity index (χ0v) is 6.30. The Kier molecular flexibility index (Phi) is 2.38. The second-order valence-electron chi connectivity index (χ2n) is 2.13. The molecular formula is C8H6F2O2. The minimum absolute atomic E-state index is 0.237. The summed E-state index contributed by atoms with van der Waals surface area (Å²) in [6.07, 6.45) is 0.237. The number of ether oxygens (including phenoxy) is 1. The van der Waals surface area contributed by atoms with Crippen LogP contribution in [0.15, 0.2) is 12.1 Å². The summed E-state index contributed by atoms with van der Waals surface area (Å²) < 4.78 is 30.0. The van der Waals surface area contributed by atoms with Gasteiger partial charge in [-0.25, -0.2) is 8.78 Å². The normalized spacial score (nSPS) is 9.58. The zero-order valence-electron chi connectivity index (χ0n) is 6.30. The third-order valence-corrected chi connectivity index (χ3v) is 1.38. The summed E-state index contributed by atoms with van der Waals surface area (Å²) in [5.41, 5.74) is -0.341. The van der Waals surface area contributed by atoms with E-state index in [2.05, 4.69) is 4.74 Å². The number of rotatable bonds is 2. The molecule has 1 aromatic carbocycles. The molecule has 0 aliphatic carbocycles. The Labute approximate surface area is 67.8 Å². The van der Waals surface area contributed by atoms with Gasteiger partial charge in [-0.2, -0.15) is 0 Å². The van der Waals surface area contributed by atoms with Crippen LogP contribution in [0.1, 0.15) is 10.4 Å². The van der Waals surface area contributed by atoms with Gasteiger partial charge in [0.25, 0.3) is 0 Å². The molecule has 0 aromatic heterocycles. The van der Waals surface area contributed by atoms with E-state index in [9.17, 15) is 13.6 Å². The lowest BCUT2D eigenvalue weighted by Gasteiger charge is -2.02. The van der Waals surface area contributed by atoms with Gasteiger partial charge in [0.2, 0.25) is 0 Å². The van der Waals surface area contributed by atoms with E-state index in [1.54, 1.807) is 0 Å². The summed E-state index contributed by atoms with van der Waals surface area (Å²) in [5.74, 6) is -1.80. The molecule has 1 aromatic rings. The highest BCUT2D eigenvalue weighted by Crippen LogP contribution is 2.20. The molecule has 0 heterocycles. The first-order valence-corrected chi connectivity index (χ1v) is 3.17. The van der Waals surface area contributed by atoms with Gasteiger partial charge >= 0.3 is 0 Å². The van der Waals surface area contributed by atoms with Crippen LogP contribution in [0.4, 0.5) is 8.78 Å². The van der Waals surface area contributed by atoms with Gasteiger partial charge in [0, 0.05) is 6.07 Å². The number of aldehydes is 1. The molecular weight excluding hydrogens is 166 g/mol. The third kappa shape index (κ3) is 1.42. The van der Waals surface area contributed by atoms with Gasteiger partial charge in [0.1, 0.15) is 5.82 Å². The van der Waals surface area contributed by atoms with Crippen molar-refractivity contribution < 1.29 is 18.3 Å². The molecule has 0 amide bonds. The molecule has 2 nitrogen and oxygen atoms in total. The van der Waals surface area contributed by atoms with Crippen LogP contribution in [-0.2, 0) is 0 Å². The first-order valence-electron chi connectivity index (χ1n) is 3.17. The van der Waals surface area contributed by atoms with Gasteiger partial charge in [0.05, 0.1) is 12.7 Å². The van der Waals surface area contributed by atoms with E-state index >= 15 is 0 Å². The number of carbonyl (C=O) groups is 1. The summed E-state index contributed by atoms with van der Waals surface area (Å²) in [4.78, 5) is 10.2. The monoisotopic (exact) mass is 172 g/mol. The van der Waals surface area contributed by atoms with Crippen molar-refractivity contribution in [3.8, 4) is 5.75 Å². The molecule has 0 unspecified atom stereocenters. The van der Waals surface area contributed by atoms with Crippen LogP contribution >= 0.6 is 0 Å². The predicted molar refractivity (Wildman–Crippen MR) is 38.3 cm³/mol. The van der Waals surface area contributed by atoms with Crippen LogP contribution in [0, 0.1) is 11.6 Å². The van der Waals surface area contributed by atoms with Crippen LogP contribution in [0.2, 0.25) is 0 Å². The average molecular weight is 172 g/mol. The minimum atomic E-state index is -0.839. The number of hydrogen-bond acceptors (Lipinski definition) is 2. The van der Waals surface area contributed by atoms with Gasteiger partial charge in [-0.05, 0) is 6.07 Å². The molecule has 0 aliphatic heterocycles. The van der Waals surface area contributed by atoms with E-state index in [0.29, 0.717) is 0 Å². The van der Waals surface area contributed by atoms with E-state index in [0.717, 1.165) is 12.1 Å². The lowest BCUT2D eigenvalue weighted by atomic mass is 10.2. The maximum atomic E-state index is 12.9. The summed E-state index contributed by atoms with van der Waals surface area (Å²) in [7, 11) is 1.20. The van der Waals surface area contributed by atoms with Crippen LogP contribution in [0.3, 0.4) is 0 Å². The molecule has 0 atom stereocenters. The largest absolute Gasteiger partial charge is 0.494 e. The van der Waals surface area contributed by atoms with Crippen LogP contribution in [0.25, 0.3) is 0 Å². The average Bonchev–Trinajstić information content (AvgIpc) is 2.08. The Balaban J connectivity index is 3.31. The van der Waals surface area contributed by atoms with Crippen molar-refractivity contribution in [3.05, 3.63) is 29.3 Å². The summed E-state index contributed by atoms with van der Waals surface area (Å²) >= 11 is 0. The highest BCUT2D eigenvalue weighted by Gasteiger charge is 2.10. The standard InChI is InChI=1S/C8H6F2O2/c1-12-7-3-6(9)2-5(4-11)8(7)10/h2-4H,1H3. The van der Waals surface area contributed by atoms with E-state index in [-0.39, 0.29) is 17.6 Å². The lowest BCUT2D eigenvalue weighted by Crippen LogP contribution is -1.95. The summed E-state index contributed by atoms with van der Waals surface area (Å²) in [5, 5.41) is 0. The van der Waals surface area contributed by atoms with Crippen molar-refractivity contribution in [2.45, 2.75) is 0 Å². The first-order chi connectivity index (χ1) is 5.69. The van der Waals surface area contributed by atoms with E-state index < -0.39 is 11.6 Å². The second-order valence-corrected chi connectivity index (χ2v) is 2.13. The number of benzene rings is 1. The first kappa shape index (κ1) is 8.64. The van der Waals surface area contributed by atoms with Crippen LogP contribution in [-0.4, -0.2) is 13.4 Å². The minimum Gasteiger partial charge on any atom is -0.494 e. The van der Waals surface area contributed by atoms with E-state index in [1.807, 2.05) is 0 Å². The molecule has 4 heteroatoms. The van der Waals surface area contributed by atoms with Crippen molar-refractivity contribution >= 4 is 6.29 Å².